The molecule has 0 spiro atoms. The monoisotopic (exact) mass is 378 g/mol. The Balaban J connectivity index is 0.00000264. The van der Waals surface area contributed by atoms with Crippen molar-refractivity contribution in [2.75, 3.05) is 6.54 Å². The highest BCUT2D eigenvalue weighted by Gasteiger charge is 2.19. The number of nitrogens with one attached hydrogen (secondary N) is 1. The van der Waals surface area contributed by atoms with Crippen molar-refractivity contribution in [3.63, 3.8) is 0 Å². The quantitative estimate of drug-likeness (QED) is 0.810. The van der Waals surface area contributed by atoms with Gasteiger partial charge in [0.25, 0.3) is 0 Å². The molecule has 5 nitrogen and oxygen atoms in total. The van der Waals surface area contributed by atoms with Crippen molar-refractivity contribution in [1.29, 1.82) is 0 Å². The number of rotatable bonds is 6. The van der Waals surface area contributed by atoms with Crippen LogP contribution in [0.4, 0.5) is 4.39 Å². The molecule has 0 aliphatic rings. The maximum atomic E-state index is 13.2. The number of aryl methyl sites for hydroxylation is 1. The SMILES string of the molecule is CCC(C)C(N)C(=O)NCCc1nc2cc(F)ccc2n1C.Cl.Cl. The molecule has 2 aromatic rings. The first-order valence-corrected chi connectivity index (χ1v) is 7.58. The lowest BCUT2D eigenvalue weighted by Gasteiger charge is -2.17. The van der Waals surface area contributed by atoms with Crippen LogP contribution < -0.4 is 11.1 Å². The van der Waals surface area contributed by atoms with E-state index in [1.54, 1.807) is 6.07 Å². The molecule has 1 aromatic heterocycles. The third-order valence-corrected chi connectivity index (χ3v) is 4.14. The average Bonchev–Trinajstić information content (AvgIpc) is 2.81. The first kappa shape index (κ1) is 22.6. The minimum atomic E-state index is -0.487. The van der Waals surface area contributed by atoms with Gasteiger partial charge in [-0.3, -0.25) is 4.79 Å². The van der Waals surface area contributed by atoms with Gasteiger partial charge in [-0.25, -0.2) is 9.37 Å². The maximum Gasteiger partial charge on any atom is 0.237 e. The molecule has 0 aliphatic carbocycles. The molecule has 8 heteroatoms. The van der Waals surface area contributed by atoms with E-state index in [0.29, 0.717) is 18.5 Å². The lowest BCUT2D eigenvalue weighted by Crippen LogP contribution is -2.45. The fraction of sp³-hybridized carbons (Fsp3) is 0.500. The van der Waals surface area contributed by atoms with Crippen molar-refractivity contribution in [2.24, 2.45) is 18.7 Å². The van der Waals surface area contributed by atoms with E-state index in [9.17, 15) is 9.18 Å². The van der Waals surface area contributed by atoms with Gasteiger partial charge >= 0.3 is 0 Å². The molecule has 2 atom stereocenters. The summed E-state index contributed by atoms with van der Waals surface area (Å²) in [6.07, 6.45) is 1.44. The molecule has 0 radical (unpaired) electrons. The van der Waals surface area contributed by atoms with E-state index in [1.165, 1.54) is 12.1 Å². The molecule has 2 rings (SSSR count). The number of fused-ring (bicyclic) bond motifs is 1. The zero-order chi connectivity index (χ0) is 16.3. The minimum absolute atomic E-state index is 0. The van der Waals surface area contributed by atoms with E-state index in [0.717, 1.165) is 17.8 Å². The van der Waals surface area contributed by atoms with Crippen LogP contribution in [0.25, 0.3) is 11.0 Å². The number of amides is 1. The van der Waals surface area contributed by atoms with E-state index in [4.69, 9.17) is 5.73 Å². The molecule has 24 heavy (non-hydrogen) atoms. The van der Waals surface area contributed by atoms with Crippen LogP contribution in [0, 0.1) is 11.7 Å². The molecule has 0 bridgehead atoms. The predicted molar refractivity (Wildman–Crippen MR) is 99.3 cm³/mol. The Morgan fingerprint density at radius 1 is 1.42 bits per heavy atom. The molecule has 136 valence electrons. The van der Waals surface area contributed by atoms with Crippen LogP contribution in [0.5, 0.6) is 0 Å². The van der Waals surface area contributed by atoms with Crippen LogP contribution >= 0.6 is 24.8 Å². The van der Waals surface area contributed by atoms with Crippen molar-refractivity contribution >= 4 is 41.8 Å². The average molecular weight is 379 g/mol. The molecule has 0 fully saturated rings. The van der Waals surface area contributed by atoms with Crippen LogP contribution in [-0.2, 0) is 18.3 Å². The molecule has 1 heterocycles. The van der Waals surface area contributed by atoms with E-state index < -0.39 is 6.04 Å². The number of nitrogens with two attached hydrogens (primary N) is 1. The van der Waals surface area contributed by atoms with E-state index >= 15 is 0 Å². The van der Waals surface area contributed by atoms with Crippen molar-refractivity contribution < 1.29 is 9.18 Å². The summed E-state index contributed by atoms with van der Waals surface area (Å²) >= 11 is 0. The van der Waals surface area contributed by atoms with Crippen LogP contribution in [0.15, 0.2) is 18.2 Å². The van der Waals surface area contributed by atoms with Crippen molar-refractivity contribution in [2.45, 2.75) is 32.7 Å². The van der Waals surface area contributed by atoms with Crippen molar-refractivity contribution in [3.8, 4) is 0 Å². The molecular formula is C16H25Cl2FN4O. The number of carbonyl (C=O) groups is 1. The lowest BCUT2D eigenvalue weighted by molar-refractivity contribution is -0.123. The highest BCUT2D eigenvalue weighted by molar-refractivity contribution is 5.85. The Bertz CT molecular complexity index is 677. The summed E-state index contributed by atoms with van der Waals surface area (Å²) in [4.78, 5) is 16.3. The number of hydrogen-bond acceptors (Lipinski definition) is 3. The van der Waals surface area contributed by atoms with E-state index in [2.05, 4.69) is 10.3 Å². The number of carbonyl (C=O) groups excluding carboxylic acids is 1. The van der Waals surface area contributed by atoms with Gasteiger partial charge in [0.2, 0.25) is 5.91 Å². The first-order chi connectivity index (χ1) is 10.4. The lowest BCUT2D eigenvalue weighted by atomic mass is 9.99. The fourth-order valence-corrected chi connectivity index (χ4v) is 2.37. The zero-order valence-corrected chi connectivity index (χ0v) is 15.7. The first-order valence-electron chi connectivity index (χ1n) is 7.58. The van der Waals surface area contributed by atoms with Gasteiger partial charge in [-0.1, -0.05) is 20.3 Å². The van der Waals surface area contributed by atoms with Gasteiger partial charge in [0, 0.05) is 26.1 Å². The predicted octanol–water partition coefficient (Wildman–Crippen LogP) is 2.59. The summed E-state index contributed by atoms with van der Waals surface area (Å²) in [5, 5.41) is 2.84. The molecule has 0 aliphatic heterocycles. The summed E-state index contributed by atoms with van der Waals surface area (Å²) in [6.45, 7) is 4.43. The Hall–Kier alpha value is -1.37. The molecule has 3 N–H and O–H groups in total. The summed E-state index contributed by atoms with van der Waals surface area (Å²) < 4.78 is 15.1. The topological polar surface area (TPSA) is 72.9 Å². The Labute approximate surface area is 154 Å². The van der Waals surface area contributed by atoms with Gasteiger partial charge in [-0.2, -0.15) is 0 Å². The number of halogens is 3. The minimum Gasteiger partial charge on any atom is -0.354 e. The Morgan fingerprint density at radius 2 is 2.08 bits per heavy atom. The van der Waals surface area contributed by atoms with E-state index in [-0.39, 0.29) is 42.5 Å². The fourth-order valence-electron chi connectivity index (χ4n) is 2.37. The van der Waals surface area contributed by atoms with Crippen molar-refractivity contribution in [3.05, 3.63) is 29.8 Å². The third kappa shape index (κ3) is 5.06. The zero-order valence-electron chi connectivity index (χ0n) is 14.1. The van der Waals surface area contributed by atoms with Crippen LogP contribution in [0.3, 0.4) is 0 Å². The number of hydrogen-bond donors (Lipinski definition) is 2. The molecule has 1 amide bonds. The standard InChI is InChI=1S/C16H23FN4O.2ClH/c1-4-10(2)15(18)16(22)19-8-7-14-20-12-9-11(17)5-6-13(12)21(14)3;;/h5-6,9-10,15H,4,7-8,18H2,1-3H3,(H,19,22);2*1H. The summed E-state index contributed by atoms with van der Waals surface area (Å²) in [7, 11) is 1.88. The molecule has 2 unspecified atom stereocenters. The normalized spacial score (nSPS) is 12.9. The van der Waals surface area contributed by atoms with Crippen LogP contribution in [-0.4, -0.2) is 28.0 Å². The summed E-state index contributed by atoms with van der Waals surface area (Å²) in [5.41, 5.74) is 7.38. The molecule has 0 saturated heterocycles. The number of nitrogens with zero attached hydrogens (tertiary/aromatic N) is 2. The van der Waals surface area contributed by atoms with Gasteiger partial charge in [0.05, 0.1) is 17.1 Å². The number of benzene rings is 1. The Morgan fingerprint density at radius 3 is 2.71 bits per heavy atom. The summed E-state index contributed by atoms with van der Waals surface area (Å²) in [5.74, 6) is 0.515. The van der Waals surface area contributed by atoms with E-state index in [1.807, 2.05) is 25.5 Å². The molecular weight excluding hydrogens is 354 g/mol. The second-order valence-corrected chi connectivity index (χ2v) is 5.67. The van der Waals surface area contributed by atoms with Gasteiger partial charge in [0.1, 0.15) is 11.6 Å². The largest absolute Gasteiger partial charge is 0.354 e. The van der Waals surface area contributed by atoms with Gasteiger partial charge in [-0.05, 0) is 18.1 Å². The Kier molecular flexibility index (Phi) is 9.25. The number of imidazole rings is 1. The smallest absolute Gasteiger partial charge is 0.237 e. The summed E-state index contributed by atoms with van der Waals surface area (Å²) in [6, 6.07) is 4.05. The molecule has 0 saturated carbocycles. The highest BCUT2D eigenvalue weighted by atomic mass is 35.5. The third-order valence-electron chi connectivity index (χ3n) is 4.14. The van der Waals surface area contributed by atoms with Crippen LogP contribution in [0.1, 0.15) is 26.1 Å². The molecule has 1 aromatic carbocycles. The highest BCUT2D eigenvalue weighted by Crippen LogP contribution is 2.16. The van der Waals surface area contributed by atoms with Crippen LogP contribution in [0.2, 0.25) is 0 Å². The maximum absolute atomic E-state index is 13.2. The van der Waals surface area contributed by atoms with Gasteiger partial charge < -0.3 is 15.6 Å². The van der Waals surface area contributed by atoms with Gasteiger partial charge in [0.15, 0.2) is 0 Å². The van der Waals surface area contributed by atoms with Gasteiger partial charge in [-0.15, -0.1) is 24.8 Å². The second kappa shape index (κ2) is 9.81. The van der Waals surface area contributed by atoms with Crippen molar-refractivity contribution in [1.82, 2.24) is 14.9 Å². The second-order valence-electron chi connectivity index (χ2n) is 5.67. The number of aromatic nitrogens is 2.